The fourth-order valence-electron chi connectivity index (χ4n) is 2.66. The van der Waals surface area contributed by atoms with Gasteiger partial charge in [0.15, 0.2) is 11.5 Å². The Balaban J connectivity index is 1.97. The van der Waals surface area contributed by atoms with E-state index in [9.17, 15) is 10.1 Å². The third kappa shape index (κ3) is 2.87. The first-order valence-electron chi connectivity index (χ1n) is 7.34. The maximum atomic E-state index is 11.2. The van der Waals surface area contributed by atoms with Gasteiger partial charge < -0.3 is 10.6 Å². The van der Waals surface area contributed by atoms with Gasteiger partial charge in [0.2, 0.25) is 0 Å². The quantitative estimate of drug-likeness (QED) is 0.520. The Kier molecular flexibility index (Phi) is 4.20. The van der Waals surface area contributed by atoms with Gasteiger partial charge >= 0.3 is 0 Å². The van der Waals surface area contributed by atoms with Gasteiger partial charge in [-0.2, -0.15) is 4.68 Å². The molecule has 0 aliphatic carbocycles. The van der Waals surface area contributed by atoms with E-state index in [0.717, 1.165) is 25.9 Å². The molecule has 1 aromatic carbocycles. The predicted molar refractivity (Wildman–Crippen MR) is 89.5 cm³/mol. The van der Waals surface area contributed by atoms with Crippen LogP contribution in [0.15, 0.2) is 24.3 Å². The standard InChI is InChI=1S/C14H16N6O2S/c15-13-12(14(23)18-8-4-1-5-9-18)16-17-19(13)10-6-2-3-7-11(10)20(21)22/h2-3,6-7H,1,4-5,8-9,15H2. The van der Waals surface area contributed by atoms with Crippen LogP contribution in [-0.2, 0) is 0 Å². The second-order valence-corrected chi connectivity index (χ2v) is 5.72. The summed E-state index contributed by atoms with van der Waals surface area (Å²) in [7, 11) is 0. The number of hydrogen-bond acceptors (Lipinski definition) is 6. The number of nitrogen functional groups attached to an aromatic ring is 1. The Morgan fingerprint density at radius 3 is 2.65 bits per heavy atom. The van der Waals surface area contributed by atoms with Gasteiger partial charge in [-0.3, -0.25) is 10.1 Å². The van der Waals surface area contributed by atoms with Crippen molar-refractivity contribution in [2.45, 2.75) is 19.3 Å². The zero-order valence-electron chi connectivity index (χ0n) is 12.4. The van der Waals surface area contributed by atoms with Crippen LogP contribution in [0.1, 0.15) is 25.0 Å². The number of rotatable bonds is 3. The molecule has 0 saturated carbocycles. The van der Waals surface area contributed by atoms with E-state index in [1.54, 1.807) is 18.2 Å². The van der Waals surface area contributed by atoms with Gasteiger partial charge in [0, 0.05) is 19.2 Å². The molecule has 0 spiro atoms. The maximum absolute atomic E-state index is 11.2. The number of aromatic nitrogens is 3. The highest BCUT2D eigenvalue weighted by Gasteiger charge is 2.24. The number of nitro groups is 1. The molecule has 1 aliphatic rings. The van der Waals surface area contributed by atoms with Crippen molar-refractivity contribution in [3.63, 3.8) is 0 Å². The molecule has 0 amide bonds. The molecule has 120 valence electrons. The number of benzene rings is 1. The number of nitro benzene ring substituents is 1. The fourth-order valence-corrected chi connectivity index (χ4v) is 2.99. The van der Waals surface area contributed by atoms with Crippen molar-refractivity contribution in [3.8, 4) is 5.69 Å². The number of nitrogens with zero attached hydrogens (tertiary/aromatic N) is 5. The molecule has 3 rings (SSSR count). The molecular formula is C14H16N6O2S. The van der Waals surface area contributed by atoms with Crippen LogP contribution in [0, 0.1) is 10.1 Å². The van der Waals surface area contributed by atoms with Crippen molar-refractivity contribution < 1.29 is 4.92 Å². The molecule has 1 saturated heterocycles. The zero-order valence-corrected chi connectivity index (χ0v) is 13.2. The Bertz CT molecular complexity index is 753. The Labute approximate surface area is 138 Å². The Morgan fingerprint density at radius 2 is 1.96 bits per heavy atom. The zero-order chi connectivity index (χ0) is 16.4. The first-order valence-corrected chi connectivity index (χ1v) is 7.74. The molecule has 1 fully saturated rings. The molecule has 2 aromatic rings. The van der Waals surface area contributed by atoms with Crippen LogP contribution in [0.5, 0.6) is 0 Å². The summed E-state index contributed by atoms with van der Waals surface area (Å²) >= 11 is 5.47. The summed E-state index contributed by atoms with van der Waals surface area (Å²) in [5.41, 5.74) is 6.71. The van der Waals surface area contributed by atoms with Crippen LogP contribution < -0.4 is 5.73 Å². The molecule has 0 radical (unpaired) electrons. The second-order valence-electron chi connectivity index (χ2n) is 5.33. The Morgan fingerprint density at radius 1 is 1.26 bits per heavy atom. The van der Waals surface area contributed by atoms with E-state index in [4.69, 9.17) is 18.0 Å². The normalized spacial score (nSPS) is 14.7. The molecule has 0 unspecified atom stereocenters. The van der Waals surface area contributed by atoms with Gasteiger partial charge in [-0.25, -0.2) is 0 Å². The van der Waals surface area contributed by atoms with Crippen LogP contribution in [0.4, 0.5) is 11.5 Å². The van der Waals surface area contributed by atoms with Gasteiger partial charge in [-0.15, -0.1) is 5.10 Å². The average molecular weight is 332 g/mol. The minimum Gasteiger partial charge on any atom is -0.382 e. The number of thiocarbonyl (C=S) groups is 1. The third-order valence-corrected chi connectivity index (χ3v) is 4.31. The van der Waals surface area contributed by atoms with Crippen LogP contribution >= 0.6 is 12.2 Å². The maximum Gasteiger partial charge on any atom is 0.295 e. The van der Waals surface area contributed by atoms with Gasteiger partial charge in [0.25, 0.3) is 5.69 Å². The lowest BCUT2D eigenvalue weighted by molar-refractivity contribution is -0.384. The molecule has 1 aliphatic heterocycles. The van der Waals surface area contributed by atoms with E-state index in [1.165, 1.54) is 17.2 Å². The highest BCUT2D eigenvalue weighted by Crippen LogP contribution is 2.25. The van der Waals surface area contributed by atoms with Crippen molar-refractivity contribution in [1.82, 2.24) is 19.9 Å². The lowest BCUT2D eigenvalue weighted by Crippen LogP contribution is -2.35. The number of para-hydroxylation sites is 2. The largest absolute Gasteiger partial charge is 0.382 e. The lowest BCUT2D eigenvalue weighted by atomic mass is 10.1. The van der Waals surface area contributed by atoms with E-state index < -0.39 is 4.92 Å². The minimum atomic E-state index is -0.473. The minimum absolute atomic E-state index is 0.0838. The number of piperidine rings is 1. The lowest BCUT2D eigenvalue weighted by Gasteiger charge is -2.28. The van der Waals surface area contributed by atoms with Gasteiger partial charge in [-0.05, 0) is 25.3 Å². The van der Waals surface area contributed by atoms with E-state index in [-0.39, 0.29) is 17.2 Å². The summed E-state index contributed by atoms with van der Waals surface area (Å²) in [5.74, 6) is 0.217. The van der Waals surface area contributed by atoms with Crippen molar-refractivity contribution in [2.75, 3.05) is 18.8 Å². The van der Waals surface area contributed by atoms with Crippen molar-refractivity contribution in [1.29, 1.82) is 0 Å². The van der Waals surface area contributed by atoms with E-state index in [0.29, 0.717) is 10.7 Å². The summed E-state index contributed by atoms with van der Waals surface area (Å²) in [6, 6.07) is 6.26. The van der Waals surface area contributed by atoms with E-state index in [2.05, 4.69) is 15.2 Å². The molecule has 8 nitrogen and oxygen atoms in total. The summed E-state index contributed by atoms with van der Waals surface area (Å²) in [6.07, 6.45) is 3.36. The van der Waals surface area contributed by atoms with Crippen molar-refractivity contribution in [3.05, 3.63) is 40.1 Å². The monoisotopic (exact) mass is 332 g/mol. The topological polar surface area (TPSA) is 103 Å². The fraction of sp³-hybridized carbons (Fsp3) is 0.357. The van der Waals surface area contributed by atoms with Gasteiger partial charge in [0.1, 0.15) is 10.7 Å². The molecule has 2 N–H and O–H groups in total. The van der Waals surface area contributed by atoms with Crippen LogP contribution in [-0.4, -0.2) is 42.9 Å². The van der Waals surface area contributed by atoms with Gasteiger partial charge in [-0.1, -0.05) is 29.6 Å². The van der Waals surface area contributed by atoms with Crippen LogP contribution in [0.2, 0.25) is 0 Å². The van der Waals surface area contributed by atoms with E-state index >= 15 is 0 Å². The molecule has 9 heteroatoms. The molecule has 0 bridgehead atoms. The smallest absolute Gasteiger partial charge is 0.295 e. The summed E-state index contributed by atoms with van der Waals surface area (Å²) < 4.78 is 1.27. The van der Waals surface area contributed by atoms with E-state index in [1.807, 2.05) is 0 Å². The van der Waals surface area contributed by atoms with Crippen LogP contribution in [0.25, 0.3) is 5.69 Å². The molecular weight excluding hydrogens is 316 g/mol. The number of hydrogen-bond donors (Lipinski definition) is 1. The van der Waals surface area contributed by atoms with Gasteiger partial charge in [0.05, 0.1) is 4.92 Å². The molecule has 2 heterocycles. The molecule has 1 aromatic heterocycles. The summed E-state index contributed by atoms with van der Waals surface area (Å²) in [4.78, 5) is 13.3. The molecule has 23 heavy (non-hydrogen) atoms. The SMILES string of the molecule is Nc1c(C(=S)N2CCCCC2)nnn1-c1ccccc1[N+](=O)[O-]. The number of nitrogens with two attached hydrogens (primary N) is 1. The first-order chi connectivity index (χ1) is 11.1. The number of likely N-dealkylation sites (tertiary alicyclic amines) is 1. The van der Waals surface area contributed by atoms with Crippen molar-refractivity contribution >= 4 is 28.7 Å². The summed E-state index contributed by atoms with van der Waals surface area (Å²) in [5, 5.41) is 19.2. The molecule has 0 atom stereocenters. The second kappa shape index (κ2) is 6.29. The average Bonchev–Trinajstić information content (AvgIpc) is 2.96. The summed E-state index contributed by atoms with van der Waals surface area (Å²) in [6.45, 7) is 1.74. The Hall–Kier alpha value is -2.55. The number of anilines is 1. The third-order valence-electron chi connectivity index (χ3n) is 3.86. The van der Waals surface area contributed by atoms with Crippen molar-refractivity contribution in [2.24, 2.45) is 0 Å². The first kappa shape index (κ1) is 15.3. The van der Waals surface area contributed by atoms with Crippen LogP contribution in [0.3, 0.4) is 0 Å². The highest BCUT2D eigenvalue weighted by atomic mass is 32.1. The highest BCUT2D eigenvalue weighted by molar-refractivity contribution is 7.80. The predicted octanol–water partition coefficient (Wildman–Crippen LogP) is 1.92.